The molecule has 1 N–H and O–H groups in total. The van der Waals surface area contributed by atoms with E-state index in [1.54, 1.807) is 13.3 Å². The first-order chi connectivity index (χ1) is 8.99. The Balaban J connectivity index is 2.92. The zero-order chi connectivity index (χ0) is 14.4. The smallest absolute Gasteiger partial charge is 0.287 e. The van der Waals surface area contributed by atoms with Gasteiger partial charge in [-0.05, 0) is 12.3 Å². The number of hydrogen-bond donors (Lipinski definition) is 1. The summed E-state index contributed by atoms with van der Waals surface area (Å²) < 4.78 is 6.50. The lowest BCUT2D eigenvalue weighted by molar-refractivity contribution is 0.184. The third-order valence-electron chi connectivity index (χ3n) is 2.74. The zero-order valence-electron chi connectivity index (χ0n) is 11.9. The van der Waals surface area contributed by atoms with Crippen LogP contribution < -0.4 is 10.9 Å². The molecule has 1 unspecified atom stereocenters. The average Bonchev–Trinajstić information content (AvgIpc) is 2.37. The first-order valence-electron chi connectivity index (χ1n) is 6.50. The van der Waals surface area contributed by atoms with E-state index in [2.05, 4.69) is 10.4 Å². The summed E-state index contributed by atoms with van der Waals surface area (Å²) in [5.41, 5.74) is 0.309. The minimum atomic E-state index is -0.257. The molecule has 0 radical (unpaired) electrons. The van der Waals surface area contributed by atoms with Crippen LogP contribution in [0.4, 0.5) is 5.69 Å². The standard InChI is InChI=1S/C13H22ClN3O2/c1-5-10(8-19-4)16-11-6-15-17(7-9(2)3)13(18)12(11)14/h6,9-10,16H,5,7-8H2,1-4H3. The maximum atomic E-state index is 12.1. The molecule has 0 aliphatic heterocycles. The van der Waals surface area contributed by atoms with Crippen molar-refractivity contribution in [1.29, 1.82) is 0 Å². The number of hydrogen-bond acceptors (Lipinski definition) is 4. The van der Waals surface area contributed by atoms with E-state index in [1.807, 2.05) is 20.8 Å². The van der Waals surface area contributed by atoms with E-state index in [9.17, 15) is 4.79 Å². The van der Waals surface area contributed by atoms with Crippen LogP contribution in [0.5, 0.6) is 0 Å². The number of anilines is 1. The van der Waals surface area contributed by atoms with E-state index in [1.165, 1.54) is 4.68 Å². The highest BCUT2D eigenvalue weighted by atomic mass is 35.5. The summed E-state index contributed by atoms with van der Waals surface area (Å²) >= 11 is 6.11. The van der Waals surface area contributed by atoms with Crippen molar-refractivity contribution >= 4 is 17.3 Å². The van der Waals surface area contributed by atoms with E-state index in [-0.39, 0.29) is 16.6 Å². The summed E-state index contributed by atoms with van der Waals surface area (Å²) in [6, 6.07) is 0.115. The molecule has 19 heavy (non-hydrogen) atoms. The number of rotatable bonds is 7. The van der Waals surface area contributed by atoms with Gasteiger partial charge in [-0.1, -0.05) is 32.4 Å². The largest absolute Gasteiger partial charge is 0.383 e. The van der Waals surface area contributed by atoms with Gasteiger partial charge in [0.05, 0.1) is 18.5 Å². The highest BCUT2D eigenvalue weighted by molar-refractivity contribution is 6.32. The highest BCUT2D eigenvalue weighted by Gasteiger charge is 2.13. The number of methoxy groups -OCH3 is 1. The van der Waals surface area contributed by atoms with Gasteiger partial charge in [-0.15, -0.1) is 0 Å². The molecule has 1 rings (SSSR count). The van der Waals surface area contributed by atoms with Gasteiger partial charge in [-0.25, -0.2) is 4.68 Å². The third kappa shape index (κ3) is 4.51. The maximum Gasteiger partial charge on any atom is 0.287 e. The van der Waals surface area contributed by atoms with Gasteiger partial charge in [-0.3, -0.25) is 4.79 Å². The molecule has 1 heterocycles. The van der Waals surface area contributed by atoms with Crippen molar-refractivity contribution in [3.63, 3.8) is 0 Å². The molecule has 0 saturated carbocycles. The third-order valence-corrected chi connectivity index (χ3v) is 3.11. The second kappa shape index (κ2) is 7.50. The normalized spacial score (nSPS) is 12.7. The molecule has 0 amide bonds. The molecular formula is C13H22ClN3O2. The van der Waals surface area contributed by atoms with Gasteiger partial charge in [0.2, 0.25) is 0 Å². The minimum absolute atomic E-state index is 0.115. The van der Waals surface area contributed by atoms with Gasteiger partial charge < -0.3 is 10.1 Å². The van der Waals surface area contributed by atoms with Gasteiger partial charge in [0.25, 0.3) is 5.56 Å². The van der Waals surface area contributed by atoms with Crippen molar-refractivity contribution < 1.29 is 4.74 Å². The summed E-state index contributed by atoms with van der Waals surface area (Å²) in [5.74, 6) is 0.344. The predicted octanol–water partition coefficient (Wildman–Crippen LogP) is 2.39. The Morgan fingerprint density at radius 1 is 1.53 bits per heavy atom. The van der Waals surface area contributed by atoms with Gasteiger partial charge >= 0.3 is 0 Å². The van der Waals surface area contributed by atoms with Crippen LogP contribution in [0.1, 0.15) is 27.2 Å². The zero-order valence-corrected chi connectivity index (χ0v) is 12.7. The topological polar surface area (TPSA) is 56.1 Å². The van der Waals surface area contributed by atoms with Crippen LogP contribution in [0.3, 0.4) is 0 Å². The van der Waals surface area contributed by atoms with Crippen LogP contribution in [0.2, 0.25) is 5.02 Å². The molecule has 1 atom stereocenters. The fourth-order valence-electron chi connectivity index (χ4n) is 1.72. The van der Waals surface area contributed by atoms with Crippen LogP contribution in [0, 0.1) is 5.92 Å². The molecule has 108 valence electrons. The van der Waals surface area contributed by atoms with Crippen molar-refractivity contribution in [2.75, 3.05) is 19.0 Å². The Labute approximate surface area is 118 Å². The Morgan fingerprint density at radius 2 is 2.21 bits per heavy atom. The maximum absolute atomic E-state index is 12.1. The molecule has 0 aliphatic carbocycles. The lowest BCUT2D eigenvalue weighted by Gasteiger charge is -2.18. The fourth-order valence-corrected chi connectivity index (χ4v) is 1.93. The summed E-state index contributed by atoms with van der Waals surface area (Å²) in [6.07, 6.45) is 2.48. The Bertz CT molecular complexity index is 460. The molecule has 5 nitrogen and oxygen atoms in total. The summed E-state index contributed by atoms with van der Waals surface area (Å²) in [6.45, 7) is 7.22. The van der Waals surface area contributed by atoms with Gasteiger partial charge in [-0.2, -0.15) is 5.10 Å². The summed E-state index contributed by atoms with van der Waals surface area (Å²) in [7, 11) is 1.64. The van der Waals surface area contributed by atoms with E-state index < -0.39 is 0 Å². The predicted molar refractivity (Wildman–Crippen MR) is 77.9 cm³/mol. The quantitative estimate of drug-likeness (QED) is 0.837. The number of aromatic nitrogens is 2. The molecule has 6 heteroatoms. The number of nitrogens with one attached hydrogen (secondary N) is 1. The summed E-state index contributed by atoms with van der Waals surface area (Å²) in [4.78, 5) is 12.1. The Hall–Kier alpha value is -1.07. The molecule has 0 aromatic carbocycles. The second-order valence-corrected chi connectivity index (χ2v) is 5.34. The molecule has 1 aromatic heterocycles. The van der Waals surface area contributed by atoms with Gasteiger partial charge in [0, 0.05) is 19.7 Å². The molecule has 0 aliphatic rings. The summed E-state index contributed by atoms with van der Waals surface area (Å²) in [5, 5.41) is 7.51. The molecule has 0 saturated heterocycles. The Morgan fingerprint density at radius 3 is 2.74 bits per heavy atom. The van der Waals surface area contributed by atoms with Gasteiger partial charge in [0.15, 0.2) is 0 Å². The Kier molecular flexibility index (Phi) is 6.31. The second-order valence-electron chi connectivity index (χ2n) is 4.96. The SMILES string of the molecule is CCC(COC)Nc1cnn(CC(C)C)c(=O)c1Cl. The van der Waals surface area contributed by atoms with E-state index in [0.717, 1.165) is 6.42 Å². The minimum Gasteiger partial charge on any atom is -0.383 e. The van der Waals surface area contributed by atoms with Crippen LogP contribution in [-0.2, 0) is 11.3 Å². The van der Waals surface area contributed by atoms with Crippen LogP contribution in [-0.4, -0.2) is 29.5 Å². The van der Waals surface area contributed by atoms with E-state index in [0.29, 0.717) is 24.8 Å². The van der Waals surface area contributed by atoms with Crippen molar-refractivity contribution in [1.82, 2.24) is 9.78 Å². The van der Waals surface area contributed by atoms with Crippen molar-refractivity contribution in [2.45, 2.75) is 39.8 Å². The molecule has 0 fully saturated rings. The molecular weight excluding hydrogens is 266 g/mol. The van der Waals surface area contributed by atoms with Crippen LogP contribution in [0.25, 0.3) is 0 Å². The lowest BCUT2D eigenvalue weighted by Crippen LogP contribution is -2.29. The monoisotopic (exact) mass is 287 g/mol. The van der Waals surface area contributed by atoms with Crippen LogP contribution in [0.15, 0.2) is 11.0 Å². The first kappa shape index (κ1) is 16.0. The highest BCUT2D eigenvalue weighted by Crippen LogP contribution is 2.17. The number of ether oxygens (including phenoxy) is 1. The molecule has 0 bridgehead atoms. The lowest BCUT2D eigenvalue weighted by atomic mass is 10.2. The van der Waals surface area contributed by atoms with E-state index in [4.69, 9.17) is 16.3 Å². The number of halogens is 1. The van der Waals surface area contributed by atoms with E-state index >= 15 is 0 Å². The van der Waals surface area contributed by atoms with Crippen molar-refractivity contribution in [2.24, 2.45) is 5.92 Å². The fraction of sp³-hybridized carbons (Fsp3) is 0.692. The number of nitrogens with zero attached hydrogens (tertiary/aromatic N) is 2. The molecule has 0 spiro atoms. The first-order valence-corrected chi connectivity index (χ1v) is 6.88. The van der Waals surface area contributed by atoms with Gasteiger partial charge in [0.1, 0.15) is 5.02 Å². The van der Waals surface area contributed by atoms with Crippen LogP contribution >= 0.6 is 11.6 Å². The van der Waals surface area contributed by atoms with Crippen molar-refractivity contribution in [3.8, 4) is 0 Å². The van der Waals surface area contributed by atoms with Crippen molar-refractivity contribution in [3.05, 3.63) is 21.6 Å². The average molecular weight is 288 g/mol. The molecule has 1 aromatic rings.